The molecule has 0 radical (unpaired) electrons. The van der Waals surface area contributed by atoms with E-state index in [4.69, 9.17) is 14.2 Å². The van der Waals surface area contributed by atoms with Crippen LogP contribution in [0.4, 0.5) is 10.5 Å². The molecule has 2 amide bonds. The highest BCUT2D eigenvalue weighted by molar-refractivity contribution is 5.90. The first kappa shape index (κ1) is 18.1. The van der Waals surface area contributed by atoms with E-state index in [-0.39, 0.29) is 12.1 Å². The molecule has 0 aliphatic carbocycles. The average molecular weight is 360 g/mol. The first-order valence-corrected chi connectivity index (χ1v) is 8.44. The fraction of sp³-hybridized carbons (Fsp3) is 0.444. The standard InChI is InChI=1S/C18H24N4O4/c1-11-17(12(2)21-20-11)14-10-26-8-7-22(14)18(23)19-13-5-6-15(24-3)16(9-13)25-4/h5-6,9,14H,7-8,10H2,1-4H3,(H,19,23)(H,20,21)/t14-/m1/s1. The third kappa shape index (κ3) is 3.45. The van der Waals surface area contributed by atoms with Gasteiger partial charge in [-0.1, -0.05) is 0 Å². The lowest BCUT2D eigenvalue weighted by Crippen LogP contribution is -2.45. The highest BCUT2D eigenvalue weighted by atomic mass is 16.5. The highest BCUT2D eigenvalue weighted by Gasteiger charge is 2.32. The van der Waals surface area contributed by atoms with Crippen LogP contribution >= 0.6 is 0 Å². The summed E-state index contributed by atoms with van der Waals surface area (Å²) in [7, 11) is 3.13. The van der Waals surface area contributed by atoms with Crippen molar-refractivity contribution in [3.8, 4) is 11.5 Å². The number of aromatic amines is 1. The van der Waals surface area contributed by atoms with Gasteiger partial charge in [0.05, 0.1) is 39.2 Å². The number of anilines is 1. The van der Waals surface area contributed by atoms with Crippen LogP contribution in [0.15, 0.2) is 18.2 Å². The van der Waals surface area contributed by atoms with E-state index in [2.05, 4.69) is 15.5 Å². The summed E-state index contributed by atoms with van der Waals surface area (Å²) in [5, 5.41) is 10.2. The van der Waals surface area contributed by atoms with Crippen molar-refractivity contribution in [3.63, 3.8) is 0 Å². The quantitative estimate of drug-likeness (QED) is 0.875. The summed E-state index contributed by atoms with van der Waals surface area (Å²) in [5.74, 6) is 1.17. The van der Waals surface area contributed by atoms with Crippen molar-refractivity contribution in [2.24, 2.45) is 0 Å². The number of carbonyl (C=O) groups is 1. The molecule has 8 heteroatoms. The number of nitrogens with zero attached hydrogens (tertiary/aromatic N) is 2. The van der Waals surface area contributed by atoms with Crippen molar-refractivity contribution in [1.29, 1.82) is 0 Å². The van der Waals surface area contributed by atoms with Gasteiger partial charge in [0, 0.05) is 29.6 Å². The molecule has 0 spiro atoms. The topological polar surface area (TPSA) is 88.7 Å². The zero-order valence-electron chi connectivity index (χ0n) is 15.5. The Balaban J connectivity index is 1.81. The predicted molar refractivity (Wildman–Crippen MR) is 96.9 cm³/mol. The van der Waals surface area contributed by atoms with Crippen LogP contribution in [0.25, 0.3) is 0 Å². The number of ether oxygens (including phenoxy) is 3. The van der Waals surface area contributed by atoms with Crippen molar-refractivity contribution in [1.82, 2.24) is 15.1 Å². The molecular weight excluding hydrogens is 336 g/mol. The molecule has 2 N–H and O–H groups in total. The summed E-state index contributed by atoms with van der Waals surface area (Å²) in [6, 6.07) is 4.91. The second-order valence-corrected chi connectivity index (χ2v) is 6.13. The van der Waals surface area contributed by atoms with Crippen LogP contribution in [0.5, 0.6) is 11.5 Å². The van der Waals surface area contributed by atoms with Gasteiger partial charge in [-0.25, -0.2) is 4.79 Å². The van der Waals surface area contributed by atoms with Crippen LogP contribution in [-0.2, 0) is 4.74 Å². The Morgan fingerprint density at radius 2 is 2.08 bits per heavy atom. The van der Waals surface area contributed by atoms with Crippen molar-refractivity contribution in [2.45, 2.75) is 19.9 Å². The maximum atomic E-state index is 12.9. The number of rotatable bonds is 4. The van der Waals surface area contributed by atoms with E-state index in [1.54, 1.807) is 37.3 Å². The summed E-state index contributed by atoms with van der Waals surface area (Å²) < 4.78 is 16.1. The molecule has 1 aliphatic rings. The monoisotopic (exact) mass is 360 g/mol. The van der Waals surface area contributed by atoms with Crippen LogP contribution in [0, 0.1) is 13.8 Å². The molecule has 26 heavy (non-hydrogen) atoms. The molecule has 1 aromatic carbocycles. The molecule has 3 rings (SSSR count). The van der Waals surface area contributed by atoms with Crippen molar-refractivity contribution >= 4 is 11.7 Å². The zero-order chi connectivity index (χ0) is 18.7. The SMILES string of the molecule is COc1ccc(NC(=O)N2CCOC[C@@H]2c2c(C)n[nH]c2C)cc1OC. The number of hydrogen-bond donors (Lipinski definition) is 2. The van der Waals surface area contributed by atoms with Crippen molar-refractivity contribution < 1.29 is 19.0 Å². The van der Waals surface area contributed by atoms with Crippen LogP contribution in [0.1, 0.15) is 23.0 Å². The molecular formula is C18H24N4O4. The van der Waals surface area contributed by atoms with E-state index in [0.29, 0.717) is 36.9 Å². The van der Waals surface area contributed by atoms with E-state index in [0.717, 1.165) is 17.0 Å². The molecule has 1 aromatic heterocycles. The third-order valence-electron chi connectivity index (χ3n) is 4.54. The number of morpholine rings is 1. The fourth-order valence-electron chi connectivity index (χ4n) is 3.25. The van der Waals surface area contributed by atoms with E-state index >= 15 is 0 Å². The van der Waals surface area contributed by atoms with E-state index in [9.17, 15) is 4.79 Å². The largest absolute Gasteiger partial charge is 0.493 e. The van der Waals surface area contributed by atoms with Crippen LogP contribution in [0.3, 0.4) is 0 Å². The minimum Gasteiger partial charge on any atom is -0.493 e. The van der Waals surface area contributed by atoms with Gasteiger partial charge in [0.1, 0.15) is 0 Å². The predicted octanol–water partition coefficient (Wildman–Crippen LogP) is 2.65. The smallest absolute Gasteiger partial charge is 0.322 e. The highest BCUT2D eigenvalue weighted by Crippen LogP contribution is 2.31. The van der Waals surface area contributed by atoms with Gasteiger partial charge in [-0.05, 0) is 26.0 Å². The van der Waals surface area contributed by atoms with Gasteiger partial charge in [0.2, 0.25) is 0 Å². The number of nitrogens with one attached hydrogen (secondary N) is 2. The lowest BCUT2D eigenvalue weighted by atomic mass is 10.0. The first-order valence-electron chi connectivity index (χ1n) is 8.44. The Bertz CT molecular complexity index is 770. The van der Waals surface area contributed by atoms with Gasteiger partial charge < -0.3 is 24.4 Å². The van der Waals surface area contributed by atoms with Crippen LogP contribution in [-0.4, -0.2) is 55.1 Å². The number of H-pyrrole nitrogens is 1. The normalized spacial score (nSPS) is 17.1. The van der Waals surface area contributed by atoms with Crippen molar-refractivity contribution in [2.75, 3.05) is 39.3 Å². The molecule has 0 unspecified atom stereocenters. The molecule has 1 fully saturated rings. The summed E-state index contributed by atoms with van der Waals surface area (Å²) in [4.78, 5) is 14.7. The number of methoxy groups -OCH3 is 2. The van der Waals surface area contributed by atoms with Gasteiger partial charge >= 0.3 is 6.03 Å². The summed E-state index contributed by atoms with van der Waals surface area (Å²) in [5.41, 5.74) is 3.47. The summed E-state index contributed by atoms with van der Waals surface area (Å²) in [6.07, 6.45) is 0. The minimum absolute atomic E-state index is 0.178. The van der Waals surface area contributed by atoms with E-state index in [1.807, 2.05) is 13.8 Å². The molecule has 0 bridgehead atoms. The Morgan fingerprint density at radius 1 is 1.31 bits per heavy atom. The molecule has 2 aromatic rings. The van der Waals surface area contributed by atoms with Gasteiger partial charge in [-0.3, -0.25) is 5.10 Å². The zero-order valence-corrected chi connectivity index (χ0v) is 15.5. The molecule has 8 nitrogen and oxygen atoms in total. The summed E-state index contributed by atoms with van der Waals surface area (Å²) >= 11 is 0. The van der Waals surface area contributed by atoms with Crippen LogP contribution < -0.4 is 14.8 Å². The van der Waals surface area contributed by atoms with E-state index in [1.165, 1.54) is 0 Å². The fourth-order valence-corrected chi connectivity index (χ4v) is 3.25. The second kappa shape index (κ2) is 7.65. The molecule has 0 saturated carbocycles. The number of carbonyl (C=O) groups excluding carboxylic acids is 1. The van der Waals surface area contributed by atoms with Gasteiger partial charge in [0.15, 0.2) is 11.5 Å². The Morgan fingerprint density at radius 3 is 2.73 bits per heavy atom. The first-order chi connectivity index (χ1) is 12.5. The average Bonchev–Trinajstić information content (AvgIpc) is 2.99. The summed E-state index contributed by atoms with van der Waals surface area (Å²) in [6.45, 7) is 5.34. The number of benzene rings is 1. The Labute approximate surface area is 152 Å². The number of urea groups is 1. The van der Waals surface area contributed by atoms with Crippen LogP contribution in [0.2, 0.25) is 0 Å². The number of aryl methyl sites for hydroxylation is 2. The molecule has 140 valence electrons. The maximum Gasteiger partial charge on any atom is 0.322 e. The Hall–Kier alpha value is -2.74. The van der Waals surface area contributed by atoms with Gasteiger partial charge in [-0.15, -0.1) is 0 Å². The maximum absolute atomic E-state index is 12.9. The molecule has 1 atom stereocenters. The van der Waals surface area contributed by atoms with Gasteiger partial charge in [-0.2, -0.15) is 5.10 Å². The molecule has 1 saturated heterocycles. The number of aromatic nitrogens is 2. The van der Waals surface area contributed by atoms with Crippen molar-refractivity contribution in [3.05, 3.63) is 35.2 Å². The molecule has 2 heterocycles. The van der Waals surface area contributed by atoms with Gasteiger partial charge in [0.25, 0.3) is 0 Å². The minimum atomic E-state index is -0.189. The second-order valence-electron chi connectivity index (χ2n) is 6.13. The van der Waals surface area contributed by atoms with E-state index < -0.39 is 0 Å². The molecule has 1 aliphatic heterocycles. The lowest BCUT2D eigenvalue weighted by molar-refractivity contribution is 0.0143. The Kier molecular flexibility index (Phi) is 5.32. The third-order valence-corrected chi connectivity index (χ3v) is 4.54. The lowest BCUT2D eigenvalue weighted by Gasteiger charge is -2.36. The number of amides is 2. The number of hydrogen-bond acceptors (Lipinski definition) is 5.